The maximum absolute atomic E-state index is 12.3. The third kappa shape index (κ3) is 14.0. The minimum atomic E-state index is -0.0786. The van der Waals surface area contributed by atoms with Gasteiger partial charge in [0.2, 0.25) is 11.8 Å². The average Bonchev–Trinajstić information content (AvgIpc) is 3.82. The van der Waals surface area contributed by atoms with Crippen LogP contribution in [0.15, 0.2) is 12.5 Å². The van der Waals surface area contributed by atoms with Crippen molar-refractivity contribution < 1.29 is 66.0 Å². The largest absolute Gasteiger partial charge is 0.389 e. The van der Waals surface area contributed by atoms with E-state index in [2.05, 4.69) is 51.8 Å². The number of carbonyl (C=O) groups is 3. The number of nitrogens with one attached hydrogen (secondary N) is 5. The molecule has 0 aliphatic carbocycles. The molecule has 4 unspecified atom stereocenters. The number of hydrogen-bond acceptors (Lipinski definition) is 10. The van der Waals surface area contributed by atoms with Crippen LogP contribution in [0.1, 0.15) is 65.5 Å². The van der Waals surface area contributed by atoms with Crippen LogP contribution in [0.25, 0.3) is 0 Å². The number of anilines is 1. The van der Waals surface area contributed by atoms with Gasteiger partial charge in [-0.15, -0.1) is 5.92 Å². The van der Waals surface area contributed by atoms with Gasteiger partial charge in [-0.3, -0.25) is 16.0 Å². The molecule has 269 valence electrons. The number of thioether (sulfide) groups is 1. The molecular formula is C32H54N7O7SY-. The Morgan fingerprint density at radius 1 is 1.08 bits per heavy atom. The molecular weight excluding hydrogens is 715 g/mol. The van der Waals surface area contributed by atoms with Crippen molar-refractivity contribution in [2.45, 2.75) is 95.0 Å². The molecule has 4 rings (SSSR count). The number of carbonyl (C=O) groups excluding carboxylic acids is 3. The molecule has 1 radical (unpaired) electrons. The quantitative estimate of drug-likeness (QED) is 0.0634. The molecule has 0 saturated carbocycles. The molecule has 7 atom stereocenters. The van der Waals surface area contributed by atoms with Crippen LogP contribution < -0.4 is 26.6 Å². The van der Waals surface area contributed by atoms with Gasteiger partial charge in [-0.2, -0.15) is 11.8 Å². The Morgan fingerprint density at radius 3 is 2.46 bits per heavy atom. The van der Waals surface area contributed by atoms with Gasteiger partial charge in [0.1, 0.15) is 12.0 Å². The molecule has 16 heteroatoms. The summed E-state index contributed by atoms with van der Waals surface area (Å²) in [4.78, 5) is 40.2. The van der Waals surface area contributed by atoms with Gasteiger partial charge in [-0.1, -0.05) is 32.8 Å². The fraction of sp³-hybridized carbons (Fsp3) is 0.781. The van der Waals surface area contributed by atoms with Crippen LogP contribution in [0, 0.1) is 12.3 Å². The summed E-state index contributed by atoms with van der Waals surface area (Å²) in [5.74, 6) is 1.97. The van der Waals surface area contributed by atoms with Crippen LogP contribution in [0.4, 0.5) is 10.6 Å². The summed E-state index contributed by atoms with van der Waals surface area (Å²) < 4.78 is 24.6. The standard InChI is InChI=1S/C32H54N7O7S.Y/c1-4-24-17-22(2)31(46-24)39-19-27(35-21-39)36-23(3)18-29(41)34-10-12-44-14-16-45-15-13-43-11-9-33-28(40)8-6-5-7-26-30-25(20-47-26)37-32(42)38-30;/h17,19,21-26,30-31,36H,4-16,18,20H2,1-3H3,(H,33,40)(H,34,41)(H2,37,38,42);/q-1;/t22?,23-,24+,25?,26?,30?,31+;/m0./s1. The van der Waals surface area contributed by atoms with Crippen LogP contribution in [0.3, 0.4) is 0 Å². The Bertz CT molecular complexity index is 1120. The zero-order valence-corrected chi connectivity index (χ0v) is 32.3. The Hall–Kier alpha value is -1.49. The van der Waals surface area contributed by atoms with Gasteiger partial charge in [-0.25, -0.2) is 9.78 Å². The van der Waals surface area contributed by atoms with Crippen LogP contribution >= 0.6 is 11.8 Å². The van der Waals surface area contributed by atoms with Crippen molar-refractivity contribution in [1.82, 2.24) is 30.8 Å². The van der Waals surface area contributed by atoms with E-state index in [1.54, 1.807) is 6.33 Å². The molecule has 48 heavy (non-hydrogen) atoms. The minimum absolute atomic E-state index is 0. The van der Waals surface area contributed by atoms with Crippen molar-refractivity contribution in [2.24, 2.45) is 5.92 Å². The first-order valence-electron chi connectivity index (χ1n) is 17.1. The van der Waals surface area contributed by atoms with E-state index in [1.807, 2.05) is 29.4 Å². The molecule has 5 N–H and O–H groups in total. The summed E-state index contributed by atoms with van der Waals surface area (Å²) >= 11 is 1.90. The molecule has 3 saturated heterocycles. The van der Waals surface area contributed by atoms with Gasteiger partial charge in [0, 0.05) is 81.9 Å². The van der Waals surface area contributed by atoms with E-state index in [4.69, 9.17) is 18.9 Å². The predicted octanol–water partition coefficient (Wildman–Crippen LogP) is 2.23. The van der Waals surface area contributed by atoms with Crippen LogP contribution in [0.5, 0.6) is 0 Å². The number of rotatable bonds is 23. The monoisotopic (exact) mass is 769 g/mol. The molecule has 3 fully saturated rings. The Balaban J connectivity index is 0.00000625. The fourth-order valence-electron chi connectivity index (χ4n) is 5.99. The number of hydrogen-bond donors (Lipinski definition) is 5. The number of ether oxygens (including phenoxy) is 4. The first-order valence-corrected chi connectivity index (χ1v) is 18.1. The maximum Gasteiger partial charge on any atom is 0.315 e. The van der Waals surface area contributed by atoms with E-state index in [1.165, 1.54) is 0 Å². The predicted molar refractivity (Wildman–Crippen MR) is 180 cm³/mol. The summed E-state index contributed by atoms with van der Waals surface area (Å²) in [6.07, 6.45) is 10.6. The number of fused-ring (bicyclic) bond motifs is 1. The van der Waals surface area contributed by atoms with Crippen molar-refractivity contribution in [1.29, 1.82) is 0 Å². The number of unbranched alkanes of at least 4 members (excludes halogenated alkanes) is 1. The van der Waals surface area contributed by atoms with Gasteiger partial charge >= 0.3 is 6.03 Å². The molecule has 1 aromatic rings. The van der Waals surface area contributed by atoms with Crippen LogP contribution in [0.2, 0.25) is 0 Å². The van der Waals surface area contributed by atoms with E-state index in [0.29, 0.717) is 76.7 Å². The molecule has 14 nitrogen and oxygen atoms in total. The smallest absolute Gasteiger partial charge is 0.315 e. The van der Waals surface area contributed by atoms with E-state index in [9.17, 15) is 14.4 Å². The zero-order valence-electron chi connectivity index (χ0n) is 28.6. The van der Waals surface area contributed by atoms with E-state index in [-0.39, 0.29) is 81.0 Å². The fourth-order valence-corrected chi connectivity index (χ4v) is 7.53. The van der Waals surface area contributed by atoms with Crippen molar-refractivity contribution >= 4 is 35.4 Å². The van der Waals surface area contributed by atoms with Crippen molar-refractivity contribution in [3.63, 3.8) is 0 Å². The number of aromatic nitrogens is 2. The molecule has 4 amide bonds. The Morgan fingerprint density at radius 2 is 1.77 bits per heavy atom. The zero-order chi connectivity index (χ0) is 33.4. The average molecular weight is 770 g/mol. The van der Waals surface area contributed by atoms with Crippen LogP contribution in [-0.2, 0) is 61.2 Å². The number of imidazole rings is 1. The summed E-state index contributed by atoms with van der Waals surface area (Å²) in [7, 11) is 0. The SMILES string of the molecule is CC[C@@H]1[CH-]C(C)[C@H](n2cnc(N[C@@H](C)CC(=O)NCCOCCOCCOCCNC(=O)CCCCC3SCC4NC(=O)NC43)c2)O1.[Y]. The summed E-state index contributed by atoms with van der Waals surface area (Å²) in [6.45, 7) is 9.71. The van der Waals surface area contributed by atoms with Gasteiger partial charge in [-0.05, 0) is 19.8 Å². The van der Waals surface area contributed by atoms with Crippen molar-refractivity contribution in [3.05, 3.63) is 18.9 Å². The number of nitrogens with zero attached hydrogens (tertiary/aromatic N) is 2. The Kier molecular flexibility index (Phi) is 19.1. The second kappa shape index (κ2) is 22.4. The molecule has 1 aromatic heterocycles. The molecule has 3 aliphatic rings. The number of amides is 4. The van der Waals surface area contributed by atoms with E-state index >= 15 is 0 Å². The van der Waals surface area contributed by atoms with Gasteiger partial charge in [0.25, 0.3) is 0 Å². The third-order valence-corrected chi connectivity index (χ3v) is 9.94. The molecule has 3 aliphatic heterocycles. The molecule has 4 heterocycles. The number of urea groups is 1. The van der Waals surface area contributed by atoms with Crippen LogP contribution in [-0.4, -0.2) is 115 Å². The van der Waals surface area contributed by atoms with E-state index < -0.39 is 0 Å². The summed E-state index contributed by atoms with van der Waals surface area (Å²) in [6, 6.07) is 0.321. The second-order valence-corrected chi connectivity index (χ2v) is 13.7. The first-order chi connectivity index (χ1) is 22.8. The normalized spacial score (nSPS) is 25.1. The topological polar surface area (TPSA) is 166 Å². The molecule has 0 bridgehead atoms. The maximum atomic E-state index is 12.3. The molecule has 0 aromatic carbocycles. The van der Waals surface area contributed by atoms with Crippen molar-refractivity contribution in [2.75, 3.05) is 63.8 Å². The van der Waals surface area contributed by atoms with Crippen molar-refractivity contribution in [3.8, 4) is 0 Å². The van der Waals surface area contributed by atoms with E-state index in [0.717, 1.165) is 37.3 Å². The third-order valence-electron chi connectivity index (χ3n) is 8.43. The van der Waals surface area contributed by atoms with Gasteiger partial charge in [0.15, 0.2) is 0 Å². The summed E-state index contributed by atoms with van der Waals surface area (Å²) in [5.41, 5.74) is 0. The Labute approximate surface area is 314 Å². The van der Waals surface area contributed by atoms with Gasteiger partial charge < -0.3 is 50.1 Å². The first kappa shape index (κ1) is 40.9. The summed E-state index contributed by atoms with van der Waals surface area (Å²) in [5, 5.41) is 15.4. The molecule has 0 spiro atoms. The second-order valence-electron chi connectivity index (χ2n) is 12.4. The van der Waals surface area contributed by atoms with Gasteiger partial charge in [0.05, 0.1) is 58.1 Å². The minimum Gasteiger partial charge on any atom is -0.389 e.